The van der Waals surface area contributed by atoms with Gasteiger partial charge >= 0.3 is 0 Å². The number of thioether (sulfide) groups is 1. The number of amides is 1. The number of nitrogens with one attached hydrogen (secondary N) is 1. The lowest BCUT2D eigenvalue weighted by Gasteiger charge is -2.14. The first-order valence-corrected chi connectivity index (χ1v) is 7.37. The van der Waals surface area contributed by atoms with Crippen molar-refractivity contribution in [1.82, 2.24) is 10.3 Å². The van der Waals surface area contributed by atoms with Crippen molar-refractivity contribution in [3.8, 4) is 0 Å². The number of rotatable bonds is 6. The molecular weight excluding hydrogens is 270 g/mol. The van der Waals surface area contributed by atoms with Gasteiger partial charge in [0.2, 0.25) is 0 Å². The number of aromatic nitrogens is 1. The molecule has 0 saturated carbocycles. The fourth-order valence-electron chi connectivity index (χ4n) is 1.40. The second kappa shape index (κ2) is 7.48. The van der Waals surface area contributed by atoms with Crippen molar-refractivity contribution in [3.63, 3.8) is 0 Å². The molecule has 0 aliphatic carbocycles. The number of anilines is 1. The van der Waals surface area contributed by atoms with Crippen molar-refractivity contribution in [2.45, 2.75) is 26.3 Å². The number of hydrogen-bond donors (Lipinski definition) is 2. The maximum absolute atomic E-state index is 12.0. The molecule has 1 rings (SSSR count). The molecule has 18 heavy (non-hydrogen) atoms. The molecule has 0 aromatic carbocycles. The highest BCUT2D eigenvalue weighted by atomic mass is 35.5. The van der Waals surface area contributed by atoms with E-state index in [1.54, 1.807) is 0 Å². The largest absolute Gasteiger partial charge is 0.397 e. The Balaban J connectivity index is 2.56. The van der Waals surface area contributed by atoms with E-state index < -0.39 is 0 Å². The number of nitrogens with zero attached hydrogens (tertiary/aromatic N) is 1. The summed E-state index contributed by atoms with van der Waals surface area (Å²) in [7, 11) is 0. The van der Waals surface area contributed by atoms with Crippen LogP contribution in [0.15, 0.2) is 12.3 Å². The molecule has 1 amide bonds. The molecule has 0 spiro atoms. The van der Waals surface area contributed by atoms with Crippen LogP contribution in [0.4, 0.5) is 5.69 Å². The van der Waals surface area contributed by atoms with E-state index in [0.717, 1.165) is 17.9 Å². The summed E-state index contributed by atoms with van der Waals surface area (Å²) in [6.45, 7) is 4.09. The van der Waals surface area contributed by atoms with Crippen molar-refractivity contribution < 1.29 is 4.79 Å². The number of pyridine rings is 1. The van der Waals surface area contributed by atoms with Crippen LogP contribution >= 0.6 is 23.4 Å². The average molecular weight is 288 g/mol. The van der Waals surface area contributed by atoms with Gasteiger partial charge in [-0.05, 0) is 30.9 Å². The first-order chi connectivity index (χ1) is 8.54. The lowest BCUT2D eigenvalue weighted by atomic mass is 10.2. The van der Waals surface area contributed by atoms with Gasteiger partial charge in [-0.1, -0.05) is 18.5 Å². The van der Waals surface area contributed by atoms with Gasteiger partial charge in [-0.15, -0.1) is 0 Å². The molecule has 0 saturated heterocycles. The second-order valence-corrected chi connectivity index (χ2v) is 5.72. The van der Waals surface area contributed by atoms with Crippen LogP contribution in [-0.2, 0) is 0 Å². The fraction of sp³-hybridized carbons (Fsp3) is 0.500. The van der Waals surface area contributed by atoms with E-state index >= 15 is 0 Å². The van der Waals surface area contributed by atoms with E-state index in [-0.39, 0.29) is 17.1 Å². The van der Waals surface area contributed by atoms with Gasteiger partial charge < -0.3 is 11.1 Å². The molecule has 100 valence electrons. The molecule has 4 nitrogen and oxygen atoms in total. The fourth-order valence-corrected chi connectivity index (χ4v) is 2.40. The highest BCUT2D eigenvalue weighted by Gasteiger charge is 2.14. The number of hydrogen-bond acceptors (Lipinski definition) is 4. The molecule has 3 N–H and O–H groups in total. The maximum atomic E-state index is 12.0. The molecule has 1 aromatic rings. The van der Waals surface area contributed by atoms with Gasteiger partial charge in [0.25, 0.3) is 5.91 Å². The minimum absolute atomic E-state index is 0.106. The van der Waals surface area contributed by atoms with Gasteiger partial charge in [0.05, 0.1) is 17.4 Å². The molecule has 6 heteroatoms. The minimum Gasteiger partial charge on any atom is -0.397 e. The number of carbonyl (C=O) groups is 1. The molecule has 0 radical (unpaired) electrons. The molecule has 1 aromatic heterocycles. The predicted octanol–water partition coefficient (Wildman–Crippen LogP) is 2.58. The van der Waals surface area contributed by atoms with Crippen molar-refractivity contribution in [3.05, 3.63) is 23.0 Å². The van der Waals surface area contributed by atoms with Gasteiger partial charge in [-0.2, -0.15) is 11.8 Å². The van der Waals surface area contributed by atoms with Gasteiger partial charge in [0.15, 0.2) is 0 Å². The zero-order valence-electron chi connectivity index (χ0n) is 10.6. The van der Waals surface area contributed by atoms with Crippen LogP contribution in [0.1, 0.15) is 30.6 Å². The monoisotopic (exact) mass is 287 g/mol. The highest BCUT2D eigenvalue weighted by molar-refractivity contribution is 7.99. The summed E-state index contributed by atoms with van der Waals surface area (Å²) in [5, 5.41) is 3.07. The van der Waals surface area contributed by atoms with Crippen molar-refractivity contribution in [2.75, 3.05) is 17.2 Å². The highest BCUT2D eigenvalue weighted by Crippen LogP contribution is 2.15. The van der Waals surface area contributed by atoms with E-state index in [0.29, 0.717) is 11.3 Å². The van der Waals surface area contributed by atoms with Crippen LogP contribution in [0.5, 0.6) is 0 Å². The third-order valence-electron chi connectivity index (χ3n) is 2.38. The molecule has 1 heterocycles. The summed E-state index contributed by atoms with van der Waals surface area (Å²) in [5.74, 6) is 1.89. The Morgan fingerprint density at radius 2 is 2.39 bits per heavy atom. The number of carbonyl (C=O) groups excluding carboxylic acids is 1. The second-order valence-electron chi connectivity index (χ2n) is 3.97. The first-order valence-electron chi connectivity index (χ1n) is 5.84. The Bertz CT molecular complexity index is 414. The summed E-state index contributed by atoms with van der Waals surface area (Å²) in [6.07, 6.45) is 2.36. The lowest BCUT2D eigenvalue weighted by molar-refractivity contribution is 0.0939. The lowest BCUT2D eigenvalue weighted by Crippen LogP contribution is -2.33. The first kappa shape index (κ1) is 15.1. The Kier molecular flexibility index (Phi) is 6.29. The topological polar surface area (TPSA) is 68.0 Å². The van der Waals surface area contributed by atoms with Crippen LogP contribution in [-0.4, -0.2) is 28.4 Å². The molecule has 1 atom stereocenters. The molecule has 0 aliphatic heterocycles. The van der Waals surface area contributed by atoms with Crippen molar-refractivity contribution in [2.24, 2.45) is 0 Å². The van der Waals surface area contributed by atoms with Crippen molar-refractivity contribution in [1.29, 1.82) is 0 Å². The molecule has 1 unspecified atom stereocenters. The quantitative estimate of drug-likeness (QED) is 0.623. The summed E-state index contributed by atoms with van der Waals surface area (Å²) < 4.78 is 0. The third kappa shape index (κ3) is 4.74. The molecule has 0 fully saturated rings. The van der Waals surface area contributed by atoms with E-state index in [9.17, 15) is 4.79 Å². The minimum atomic E-state index is -0.228. The molecule has 0 bridgehead atoms. The number of halogens is 1. The van der Waals surface area contributed by atoms with Crippen LogP contribution in [0.25, 0.3) is 0 Å². The number of nitrogens with two attached hydrogens (primary N) is 1. The SMILES string of the molecule is CCSCCC(C)NC(=O)c1cc(N)cnc1Cl. The Labute approximate surface area is 117 Å². The van der Waals surface area contributed by atoms with Crippen molar-refractivity contribution >= 4 is 35.0 Å². The van der Waals surface area contributed by atoms with Crippen LogP contribution in [0.2, 0.25) is 5.15 Å². The average Bonchev–Trinajstić information content (AvgIpc) is 2.32. The zero-order chi connectivity index (χ0) is 13.5. The third-order valence-corrected chi connectivity index (χ3v) is 3.62. The molecular formula is C12H18ClN3OS. The van der Waals surface area contributed by atoms with Crippen LogP contribution in [0.3, 0.4) is 0 Å². The smallest absolute Gasteiger partial charge is 0.254 e. The Morgan fingerprint density at radius 3 is 3.06 bits per heavy atom. The van der Waals surface area contributed by atoms with Crippen LogP contribution < -0.4 is 11.1 Å². The van der Waals surface area contributed by atoms with E-state index in [1.807, 2.05) is 18.7 Å². The number of nitrogen functional groups attached to an aromatic ring is 1. The van der Waals surface area contributed by atoms with E-state index in [2.05, 4.69) is 17.2 Å². The van der Waals surface area contributed by atoms with Gasteiger partial charge in [0.1, 0.15) is 5.15 Å². The van der Waals surface area contributed by atoms with E-state index in [4.69, 9.17) is 17.3 Å². The summed E-state index contributed by atoms with van der Waals surface area (Å²) >= 11 is 7.72. The van der Waals surface area contributed by atoms with Crippen LogP contribution in [0, 0.1) is 0 Å². The normalized spacial score (nSPS) is 12.2. The Morgan fingerprint density at radius 1 is 1.67 bits per heavy atom. The van der Waals surface area contributed by atoms with Gasteiger partial charge in [0, 0.05) is 6.04 Å². The Hall–Kier alpha value is -0.940. The molecule has 0 aliphatic rings. The maximum Gasteiger partial charge on any atom is 0.254 e. The predicted molar refractivity (Wildman–Crippen MR) is 78.2 cm³/mol. The summed E-state index contributed by atoms with van der Waals surface area (Å²) in [4.78, 5) is 15.8. The summed E-state index contributed by atoms with van der Waals surface area (Å²) in [5.41, 5.74) is 6.34. The standard InChI is InChI=1S/C12H18ClN3OS/c1-3-18-5-4-8(2)16-12(17)10-6-9(14)7-15-11(10)13/h6-8H,3-5,14H2,1-2H3,(H,16,17). The summed E-state index contributed by atoms with van der Waals surface area (Å²) in [6, 6.07) is 1.65. The zero-order valence-corrected chi connectivity index (χ0v) is 12.1. The van der Waals surface area contributed by atoms with E-state index in [1.165, 1.54) is 12.3 Å². The van der Waals surface area contributed by atoms with Gasteiger partial charge in [-0.3, -0.25) is 4.79 Å². The van der Waals surface area contributed by atoms with Gasteiger partial charge in [-0.25, -0.2) is 4.98 Å².